The first-order chi connectivity index (χ1) is 19.0. The van der Waals surface area contributed by atoms with Gasteiger partial charge in [0, 0.05) is 18.1 Å². The SMILES string of the molecule is CC(C)(C)[Si](C)(C)ON(c1cc(-c2ccc(OCc3ccccc3)cc2)ncn1)[C@@H](Cc1ccccc1)C(N)=O. The van der Waals surface area contributed by atoms with Crippen molar-refractivity contribution >= 4 is 20.0 Å². The summed E-state index contributed by atoms with van der Waals surface area (Å²) in [4.78, 5) is 21.9. The van der Waals surface area contributed by atoms with E-state index >= 15 is 0 Å². The summed E-state index contributed by atoms with van der Waals surface area (Å²) in [7, 11) is -2.38. The van der Waals surface area contributed by atoms with Crippen LogP contribution in [0.25, 0.3) is 11.3 Å². The Morgan fingerprint density at radius 3 is 2.08 bits per heavy atom. The number of amides is 1. The van der Waals surface area contributed by atoms with Gasteiger partial charge in [0.25, 0.3) is 0 Å². The number of primary amides is 1. The van der Waals surface area contributed by atoms with Crippen LogP contribution >= 0.6 is 0 Å². The number of ether oxygens (including phenoxy) is 1. The van der Waals surface area contributed by atoms with Gasteiger partial charge in [-0.15, -0.1) is 0 Å². The molecule has 2 N–H and O–H groups in total. The normalized spacial score (nSPS) is 12.5. The second-order valence-corrected chi connectivity index (χ2v) is 16.0. The minimum absolute atomic E-state index is 0.106. The molecule has 40 heavy (non-hydrogen) atoms. The van der Waals surface area contributed by atoms with E-state index in [1.807, 2.05) is 91.0 Å². The van der Waals surface area contributed by atoms with Gasteiger partial charge in [0.1, 0.15) is 24.7 Å². The van der Waals surface area contributed by atoms with Crippen LogP contribution in [0.3, 0.4) is 0 Å². The van der Waals surface area contributed by atoms with Gasteiger partial charge in [0.2, 0.25) is 14.2 Å². The van der Waals surface area contributed by atoms with Crippen LogP contribution in [0.2, 0.25) is 18.1 Å². The number of nitrogens with zero attached hydrogens (tertiary/aromatic N) is 3. The molecule has 4 rings (SSSR count). The van der Waals surface area contributed by atoms with Crippen LogP contribution in [0.15, 0.2) is 97.3 Å². The monoisotopic (exact) mass is 554 g/mol. The van der Waals surface area contributed by atoms with E-state index in [1.54, 1.807) is 5.06 Å². The maximum atomic E-state index is 12.9. The minimum atomic E-state index is -2.38. The Morgan fingerprint density at radius 2 is 1.50 bits per heavy atom. The van der Waals surface area contributed by atoms with Crippen LogP contribution in [0.1, 0.15) is 31.9 Å². The molecule has 0 bridgehead atoms. The molecular formula is C32H38N4O3Si. The number of anilines is 1. The van der Waals surface area contributed by atoms with Crippen LogP contribution in [0, 0.1) is 0 Å². The lowest BCUT2D eigenvalue weighted by Crippen LogP contribution is -2.54. The van der Waals surface area contributed by atoms with Crippen LogP contribution in [-0.2, 0) is 22.3 Å². The van der Waals surface area contributed by atoms with Crippen LogP contribution in [0.4, 0.5) is 5.82 Å². The van der Waals surface area contributed by atoms with Crippen molar-refractivity contribution in [3.8, 4) is 17.0 Å². The molecule has 0 spiro atoms. The molecule has 0 unspecified atom stereocenters. The van der Waals surface area contributed by atoms with Gasteiger partial charge in [0.05, 0.1) is 5.69 Å². The number of nitrogens with two attached hydrogens (primary N) is 1. The quantitative estimate of drug-likeness (QED) is 0.167. The van der Waals surface area contributed by atoms with Gasteiger partial charge in [-0.2, -0.15) is 0 Å². The van der Waals surface area contributed by atoms with E-state index in [2.05, 4.69) is 43.8 Å². The Balaban J connectivity index is 1.63. The standard InChI is InChI=1S/C32H38N4O3Si/c1-32(2,3)40(4,5)39-36(29(31(33)37)20-24-12-8-6-9-13-24)30-21-28(34-23-35-30)26-16-18-27(19-17-26)38-22-25-14-10-7-11-15-25/h6-19,21,23,29H,20,22H2,1-5H3,(H2,33,37)/t29-/m0/s1. The minimum Gasteiger partial charge on any atom is -0.489 e. The molecule has 1 aromatic heterocycles. The van der Waals surface area contributed by atoms with Crippen molar-refractivity contribution in [3.05, 3.63) is 108 Å². The van der Waals surface area contributed by atoms with Gasteiger partial charge in [-0.25, -0.2) is 15.0 Å². The Morgan fingerprint density at radius 1 is 0.900 bits per heavy atom. The van der Waals surface area contributed by atoms with Crippen LogP contribution < -0.4 is 15.5 Å². The van der Waals surface area contributed by atoms with Gasteiger partial charge < -0.3 is 15.0 Å². The van der Waals surface area contributed by atoms with E-state index in [0.717, 1.165) is 22.4 Å². The van der Waals surface area contributed by atoms with Gasteiger partial charge in [0.15, 0.2) is 5.82 Å². The molecule has 0 saturated heterocycles. The second-order valence-electron chi connectivity index (χ2n) is 11.3. The zero-order chi connectivity index (χ0) is 28.8. The fourth-order valence-electron chi connectivity index (χ4n) is 3.88. The highest BCUT2D eigenvalue weighted by Crippen LogP contribution is 2.38. The maximum absolute atomic E-state index is 12.9. The molecular weight excluding hydrogens is 516 g/mol. The first kappa shape index (κ1) is 29.0. The topological polar surface area (TPSA) is 90.6 Å². The Hall–Kier alpha value is -4.01. The highest BCUT2D eigenvalue weighted by molar-refractivity contribution is 6.74. The number of hydrogen-bond donors (Lipinski definition) is 1. The lowest BCUT2D eigenvalue weighted by Gasteiger charge is -2.42. The summed E-state index contributed by atoms with van der Waals surface area (Å²) < 4.78 is 12.7. The summed E-state index contributed by atoms with van der Waals surface area (Å²) >= 11 is 0. The van der Waals surface area contributed by atoms with E-state index in [-0.39, 0.29) is 5.04 Å². The largest absolute Gasteiger partial charge is 0.489 e. The van der Waals surface area contributed by atoms with E-state index < -0.39 is 20.3 Å². The molecule has 1 atom stereocenters. The first-order valence-electron chi connectivity index (χ1n) is 13.4. The van der Waals surface area contributed by atoms with Gasteiger partial charge in [-0.05, 0) is 53.5 Å². The molecule has 0 aliphatic carbocycles. The van der Waals surface area contributed by atoms with Crippen molar-refractivity contribution in [2.45, 2.75) is 58.0 Å². The average molecular weight is 555 g/mol. The van der Waals surface area contributed by atoms with E-state index in [0.29, 0.717) is 24.5 Å². The smallest absolute Gasteiger partial charge is 0.243 e. The van der Waals surface area contributed by atoms with Crippen molar-refractivity contribution in [2.75, 3.05) is 5.06 Å². The molecule has 208 valence electrons. The lowest BCUT2D eigenvalue weighted by molar-refractivity contribution is -0.120. The van der Waals surface area contributed by atoms with Crippen LogP contribution in [0.5, 0.6) is 5.75 Å². The molecule has 1 amide bonds. The summed E-state index contributed by atoms with van der Waals surface area (Å²) in [5, 5.41) is 1.51. The Kier molecular flexibility index (Phi) is 9.02. The number of hydroxylamine groups is 1. The molecule has 7 nitrogen and oxygen atoms in total. The Labute approximate surface area is 238 Å². The van der Waals surface area contributed by atoms with Gasteiger partial charge >= 0.3 is 0 Å². The predicted octanol–water partition coefficient (Wildman–Crippen LogP) is 6.56. The first-order valence-corrected chi connectivity index (χ1v) is 16.4. The number of hydrogen-bond acceptors (Lipinski definition) is 6. The predicted molar refractivity (Wildman–Crippen MR) is 162 cm³/mol. The molecule has 8 heteroatoms. The molecule has 1 heterocycles. The summed E-state index contributed by atoms with van der Waals surface area (Å²) in [6, 6.07) is 28.7. The zero-order valence-electron chi connectivity index (χ0n) is 23.9. The molecule has 0 aliphatic heterocycles. The van der Waals surface area contributed by atoms with E-state index in [4.69, 9.17) is 15.0 Å². The Bertz CT molecular complexity index is 1390. The van der Waals surface area contributed by atoms with Gasteiger partial charge in [-0.3, -0.25) is 4.79 Å². The molecule has 0 radical (unpaired) electrons. The third kappa shape index (κ3) is 7.34. The molecule has 0 aliphatic rings. The third-order valence-corrected chi connectivity index (χ3v) is 11.6. The molecule has 0 fully saturated rings. The highest BCUT2D eigenvalue weighted by Gasteiger charge is 2.42. The summed E-state index contributed by atoms with van der Waals surface area (Å²) in [6.45, 7) is 11.2. The number of aromatic nitrogens is 2. The zero-order valence-corrected chi connectivity index (χ0v) is 24.9. The molecule has 0 saturated carbocycles. The van der Waals surface area contributed by atoms with E-state index in [9.17, 15) is 4.79 Å². The summed E-state index contributed by atoms with van der Waals surface area (Å²) in [6.07, 6.45) is 1.88. The van der Waals surface area contributed by atoms with Gasteiger partial charge in [-0.1, -0.05) is 81.4 Å². The highest BCUT2D eigenvalue weighted by atomic mass is 28.4. The van der Waals surface area contributed by atoms with Crippen molar-refractivity contribution in [3.63, 3.8) is 0 Å². The average Bonchev–Trinajstić information content (AvgIpc) is 2.94. The maximum Gasteiger partial charge on any atom is 0.243 e. The number of carbonyl (C=O) groups is 1. The van der Waals surface area contributed by atoms with Crippen molar-refractivity contribution in [1.82, 2.24) is 9.97 Å². The third-order valence-electron chi connectivity index (χ3n) is 7.29. The van der Waals surface area contributed by atoms with E-state index in [1.165, 1.54) is 6.33 Å². The number of rotatable bonds is 11. The lowest BCUT2D eigenvalue weighted by atomic mass is 10.1. The molecule has 3 aromatic carbocycles. The molecule has 4 aromatic rings. The summed E-state index contributed by atoms with van der Waals surface area (Å²) in [5.41, 5.74) is 9.66. The van der Waals surface area contributed by atoms with Crippen molar-refractivity contribution < 1.29 is 14.1 Å². The fourth-order valence-corrected chi connectivity index (χ4v) is 4.86. The number of benzene rings is 3. The number of carbonyl (C=O) groups excluding carboxylic acids is 1. The van der Waals surface area contributed by atoms with Crippen LogP contribution in [-0.4, -0.2) is 30.2 Å². The van der Waals surface area contributed by atoms with Crippen molar-refractivity contribution in [1.29, 1.82) is 0 Å². The summed E-state index contributed by atoms with van der Waals surface area (Å²) in [5.74, 6) is 0.767. The second kappa shape index (κ2) is 12.4. The van der Waals surface area contributed by atoms with Crippen molar-refractivity contribution in [2.24, 2.45) is 5.73 Å². The fraction of sp³-hybridized carbons (Fsp3) is 0.281.